The number of hydrogen-bond donors (Lipinski definition) is 0. The molecule has 2 aliphatic rings. The highest BCUT2D eigenvalue weighted by atomic mass is 32.2. The van der Waals surface area contributed by atoms with Crippen LogP contribution in [0.25, 0.3) is 0 Å². The number of fused-ring (bicyclic) bond motifs is 1. The van der Waals surface area contributed by atoms with Crippen molar-refractivity contribution in [2.45, 2.75) is 50.2 Å². The summed E-state index contributed by atoms with van der Waals surface area (Å²) in [6.45, 7) is 2.76. The molecule has 0 spiro atoms. The Morgan fingerprint density at radius 2 is 1.74 bits per heavy atom. The van der Waals surface area contributed by atoms with Crippen LogP contribution in [0.5, 0.6) is 0 Å². The van der Waals surface area contributed by atoms with Gasteiger partial charge in [-0.2, -0.15) is 0 Å². The van der Waals surface area contributed by atoms with E-state index in [1.807, 2.05) is 36.4 Å². The van der Waals surface area contributed by atoms with Crippen molar-refractivity contribution in [3.8, 4) is 0 Å². The van der Waals surface area contributed by atoms with Gasteiger partial charge >= 0.3 is 0 Å². The lowest BCUT2D eigenvalue weighted by molar-refractivity contribution is 0.0728. The molecule has 34 heavy (non-hydrogen) atoms. The lowest BCUT2D eigenvalue weighted by Gasteiger charge is -2.23. The molecule has 0 radical (unpaired) electrons. The summed E-state index contributed by atoms with van der Waals surface area (Å²) >= 11 is 0. The molecule has 5 rings (SSSR count). The molecule has 0 unspecified atom stereocenters. The van der Waals surface area contributed by atoms with E-state index in [0.29, 0.717) is 25.9 Å². The average molecular weight is 476 g/mol. The van der Waals surface area contributed by atoms with Gasteiger partial charge in [-0.25, -0.2) is 12.7 Å². The third kappa shape index (κ3) is 4.09. The molecule has 2 amide bonds. The van der Waals surface area contributed by atoms with E-state index in [4.69, 9.17) is 0 Å². The highest BCUT2D eigenvalue weighted by molar-refractivity contribution is 7.90. The summed E-state index contributed by atoms with van der Waals surface area (Å²) in [4.78, 5) is 32.0. The number of amides is 2. The third-order valence-electron chi connectivity index (χ3n) is 6.26. The lowest BCUT2D eigenvalue weighted by Crippen LogP contribution is -2.32. The lowest BCUT2D eigenvalue weighted by atomic mass is 10.1. The Kier molecular flexibility index (Phi) is 5.69. The molecule has 1 aromatic heterocycles. The van der Waals surface area contributed by atoms with Gasteiger partial charge in [0.15, 0.2) is 0 Å². The molecule has 1 saturated carbocycles. The van der Waals surface area contributed by atoms with Gasteiger partial charge in [0.05, 0.1) is 5.56 Å². The number of carbonyl (C=O) groups excluding carboxylic acids is 2. The fourth-order valence-corrected chi connectivity index (χ4v) is 6.09. The number of sulfonamides is 1. The summed E-state index contributed by atoms with van der Waals surface area (Å²) in [7, 11) is -3.94. The maximum Gasteiger partial charge on any atom is 0.269 e. The van der Waals surface area contributed by atoms with E-state index in [2.05, 4.69) is 11.9 Å². The number of carbonyl (C=O) groups is 2. The zero-order valence-electron chi connectivity index (χ0n) is 18.8. The van der Waals surface area contributed by atoms with Gasteiger partial charge in [-0.3, -0.25) is 14.6 Å². The molecule has 2 heterocycles. The second kappa shape index (κ2) is 8.68. The van der Waals surface area contributed by atoms with Crippen molar-refractivity contribution in [3.05, 3.63) is 94.8 Å². The van der Waals surface area contributed by atoms with Crippen molar-refractivity contribution >= 4 is 21.8 Å². The second-order valence-electron chi connectivity index (χ2n) is 8.74. The molecule has 8 heteroatoms. The van der Waals surface area contributed by atoms with Crippen molar-refractivity contribution in [1.29, 1.82) is 0 Å². The molecule has 1 aliphatic carbocycles. The number of hydrogen-bond acceptors (Lipinski definition) is 5. The predicted molar refractivity (Wildman–Crippen MR) is 126 cm³/mol. The van der Waals surface area contributed by atoms with E-state index in [-0.39, 0.29) is 28.0 Å². The molecule has 3 aromatic rings. The second-order valence-corrected chi connectivity index (χ2v) is 10.5. The number of nitrogens with zero attached hydrogens (tertiary/aromatic N) is 3. The highest BCUT2D eigenvalue weighted by Gasteiger charge is 2.48. The number of aryl methyl sites for hydroxylation is 1. The summed E-state index contributed by atoms with van der Waals surface area (Å²) in [5, 5.41) is 0. The van der Waals surface area contributed by atoms with Crippen molar-refractivity contribution in [2.75, 3.05) is 0 Å². The highest BCUT2D eigenvalue weighted by Crippen LogP contribution is 2.39. The summed E-state index contributed by atoms with van der Waals surface area (Å²) < 4.78 is 27.1. The van der Waals surface area contributed by atoms with E-state index < -0.39 is 15.9 Å². The van der Waals surface area contributed by atoms with Crippen molar-refractivity contribution in [1.82, 2.24) is 14.2 Å². The zero-order chi connectivity index (χ0) is 23.9. The van der Waals surface area contributed by atoms with E-state index >= 15 is 0 Å². The Labute approximate surface area is 199 Å². The minimum Gasteiger partial charge on any atom is -0.330 e. The predicted octanol–water partition coefficient (Wildman–Crippen LogP) is 3.79. The number of aromatic nitrogens is 1. The fraction of sp³-hybridized carbons (Fsp3) is 0.269. The van der Waals surface area contributed by atoms with Crippen molar-refractivity contribution in [3.63, 3.8) is 0 Å². The molecule has 0 saturated heterocycles. The summed E-state index contributed by atoms with van der Waals surface area (Å²) in [6, 6.07) is 15.9. The minimum atomic E-state index is -3.94. The van der Waals surface area contributed by atoms with Crippen LogP contribution in [0.2, 0.25) is 0 Å². The molecule has 7 nitrogen and oxygen atoms in total. The number of pyridine rings is 1. The van der Waals surface area contributed by atoms with Crippen molar-refractivity contribution in [2.24, 2.45) is 0 Å². The Bertz CT molecular complexity index is 1350. The van der Waals surface area contributed by atoms with Gasteiger partial charge < -0.3 is 4.90 Å². The van der Waals surface area contributed by atoms with Crippen LogP contribution in [-0.4, -0.2) is 40.5 Å². The quantitative estimate of drug-likeness (QED) is 0.519. The van der Waals surface area contributed by atoms with E-state index in [9.17, 15) is 18.0 Å². The van der Waals surface area contributed by atoms with Gasteiger partial charge in [-0.15, -0.1) is 0 Å². The van der Waals surface area contributed by atoms with Crippen LogP contribution in [0.3, 0.4) is 0 Å². The fourth-order valence-electron chi connectivity index (χ4n) is 4.25. The number of benzene rings is 2. The van der Waals surface area contributed by atoms with E-state index in [0.717, 1.165) is 21.9 Å². The third-order valence-corrected chi connectivity index (χ3v) is 8.14. The maximum absolute atomic E-state index is 13.6. The Morgan fingerprint density at radius 1 is 1.03 bits per heavy atom. The average Bonchev–Trinajstić information content (AvgIpc) is 3.66. The summed E-state index contributed by atoms with van der Waals surface area (Å²) in [6.07, 6.45) is 5.67. The van der Waals surface area contributed by atoms with Crippen LogP contribution >= 0.6 is 0 Å². The van der Waals surface area contributed by atoms with Gasteiger partial charge in [0.25, 0.3) is 21.8 Å². The van der Waals surface area contributed by atoms with Crippen molar-refractivity contribution < 1.29 is 18.0 Å². The molecule has 1 aliphatic heterocycles. The zero-order valence-corrected chi connectivity index (χ0v) is 19.7. The van der Waals surface area contributed by atoms with Gasteiger partial charge in [0.2, 0.25) is 0 Å². The van der Waals surface area contributed by atoms with Crippen LogP contribution in [-0.2, 0) is 29.5 Å². The Morgan fingerprint density at radius 3 is 2.38 bits per heavy atom. The maximum atomic E-state index is 13.6. The van der Waals surface area contributed by atoms with Crippen LogP contribution in [0.4, 0.5) is 0 Å². The summed E-state index contributed by atoms with van der Waals surface area (Å²) in [5.74, 6) is -0.807. The molecule has 0 N–H and O–H groups in total. The van der Waals surface area contributed by atoms with Gasteiger partial charge in [0.1, 0.15) is 4.90 Å². The van der Waals surface area contributed by atoms with Crippen LogP contribution < -0.4 is 0 Å². The summed E-state index contributed by atoms with van der Waals surface area (Å²) in [5.41, 5.74) is 3.42. The Hall–Kier alpha value is -3.52. The molecule has 174 valence electrons. The smallest absolute Gasteiger partial charge is 0.269 e. The first kappa shape index (κ1) is 22.3. The van der Waals surface area contributed by atoms with Crippen LogP contribution in [0.15, 0.2) is 71.9 Å². The first-order valence-electron chi connectivity index (χ1n) is 11.4. The Balaban J connectivity index is 1.47. The van der Waals surface area contributed by atoms with Gasteiger partial charge in [0, 0.05) is 37.1 Å². The normalized spacial score (nSPS) is 16.4. The van der Waals surface area contributed by atoms with E-state index in [1.54, 1.807) is 23.4 Å². The molecule has 1 fully saturated rings. The first-order valence-corrected chi connectivity index (χ1v) is 12.8. The topological polar surface area (TPSA) is 87.7 Å². The largest absolute Gasteiger partial charge is 0.330 e. The standard InChI is InChI=1S/C26H25N3O4S/c1-2-18-5-7-19(8-6-18)16-28(17-20-4-3-13-27-15-20)25(30)21-9-12-23-24(14-21)34(32,33)29(26(23)31)22-10-11-22/h3-9,12-15,22H,2,10-11,16-17H2,1H3. The molecular formula is C26H25N3O4S. The van der Waals surface area contributed by atoms with Gasteiger partial charge in [-0.1, -0.05) is 37.3 Å². The van der Waals surface area contributed by atoms with Crippen LogP contribution in [0, 0.1) is 0 Å². The van der Waals surface area contributed by atoms with Crippen LogP contribution in [0.1, 0.15) is 57.2 Å². The molecule has 0 atom stereocenters. The number of rotatable bonds is 7. The minimum absolute atomic E-state index is 0.0797. The molecule has 0 bridgehead atoms. The van der Waals surface area contributed by atoms with E-state index in [1.165, 1.54) is 17.7 Å². The van der Waals surface area contributed by atoms with Gasteiger partial charge in [-0.05, 0) is 60.2 Å². The molecule has 2 aromatic carbocycles. The monoisotopic (exact) mass is 475 g/mol. The first-order chi connectivity index (χ1) is 16.4. The molecular weight excluding hydrogens is 450 g/mol. The SMILES string of the molecule is CCc1ccc(CN(Cc2cccnc2)C(=O)c2ccc3c(c2)S(=O)(=O)N(C2CC2)C3=O)cc1.